The Morgan fingerprint density at radius 1 is 1.35 bits per heavy atom. The van der Waals surface area contributed by atoms with Crippen molar-refractivity contribution >= 4 is 17.6 Å². The third-order valence-electron chi connectivity index (χ3n) is 4.59. The van der Waals surface area contributed by atoms with Gasteiger partial charge in [-0.3, -0.25) is 4.79 Å². The van der Waals surface area contributed by atoms with Gasteiger partial charge >= 0.3 is 5.97 Å². The number of alkyl halides is 1. The number of ether oxygens (including phenoxy) is 1. The number of benzene rings is 1. The molecule has 1 aromatic rings. The lowest BCUT2D eigenvalue weighted by molar-refractivity contribution is -0.151. The molecule has 2 rings (SSSR count). The molecule has 0 unspecified atom stereocenters. The van der Waals surface area contributed by atoms with Crippen LogP contribution in [-0.4, -0.2) is 23.1 Å². The molecule has 0 amide bonds. The summed E-state index contributed by atoms with van der Waals surface area (Å²) in [6, 6.07) is 9.06. The van der Waals surface area contributed by atoms with Crippen molar-refractivity contribution in [1.29, 1.82) is 0 Å². The summed E-state index contributed by atoms with van der Waals surface area (Å²) in [6.45, 7) is 4.07. The number of carbonyl (C=O) groups excluding carboxylic acids is 1. The van der Waals surface area contributed by atoms with Crippen molar-refractivity contribution in [3.63, 3.8) is 0 Å². The maximum atomic E-state index is 12.3. The first kappa shape index (κ1) is 15.3. The van der Waals surface area contributed by atoms with E-state index in [0.717, 1.165) is 12.8 Å². The van der Waals surface area contributed by atoms with E-state index in [0.29, 0.717) is 5.56 Å². The first-order chi connectivity index (χ1) is 9.40. The molecule has 0 radical (unpaired) electrons. The minimum absolute atomic E-state index is 0.192. The van der Waals surface area contributed by atoms with E-state index in [1.807, 2.05) is 32.0 Å². The van der Waals surface area contributed by atoms with Crippen LogP contribution in [0.15, 0.2) is 30.3 Å². The minimum Gasteiger partial charge on any atom is -0.468 e. The average molecular weight is 297 g/mol. The molecule has 2 atom stereocenters. The van der Waals surface area contributed by atoms with E-state index in [1.165, 1.54) is 7.11 Å². The number of hydrogen-bond acceptors (Lipinski definition) is 3. The van der Waals surface area contributed by atoms with Gasteiger partial charge in [-0.05, 0) is 24.3 Å². The zero-order chi connectivity index (χ0) is 15.0. The zero-order valence-corrected chi connectivity index (χ0v) is 12.9. The average Bonchev–Trinajstić information content (AvgIpc) is 3.27. The Bertz CT molecular complexity index is 482. The largest absolute Gasteiger partial charge is 0.468 e. The maximum absolute atomic E-state index is 12.3. The molecule has 0 bridgehead atoms. The van der Waals surface area contributed by atoms with E-state index in [1.54, 1.807) is 12.1 Å². The third-order valence-corrected chi connectivity index (χ3v) is 5.33. The van der Waals surface area contributed by atoms with E-state index in [4.69, 9.17) is 16.3 Å². The van der Waals surface area contributed by atoms with E-state index in [-0.39, 0.29) is 5.92 Å². The van der Waals surface area contributed by atoms with Crippen LogP contribution in [0, 0.1) is 11.3 Å². The molecule has 20 heavy (non-hydrogen) atoms. The van der Waals surface area contributed by atoms with Crippen molar-refractivity contribution in [1.82, 2.24) is 0 Å². The Balaban J connectivity index is 2.46. The van der Waals surface area contributed by atoms with Gasteiger partial charge in [0, 0.05) is 5.41 Å². The van der Waals surface area contributed by atoms with E-state index in [2.05, 4.69) is 0 Å². The lowest BCUT2D eigenvalue weighted by Gasteiger charge is -2.39. The number of halogens is 1. The summed E-state index contributed by atoms with van der Waals surface area (Å²) < 4.78 is 4.90. The molecule has 1 aliphatic rings. The maximum Gasteiger partial charge on any atom is 0.330 e. The van der Waals surface area contributed by atoms with Crippen LogP contribution in [0.2, 0.25) is 0 Å². The Hall–Kier alpha value is -1.06. The van der Waals surface area contributed by atoms with Crippen molar-refractivity contribution in [2.75, 3.05) is 7.11 Å². The zero-order valence-electron chi connectivity index (χ0n) is 12.1. The Morgan fingerprint density at radius 2 is 1.90 bits per heavy atom. The van der Waals surface area contributed by atoms with Crippen LogP contribution >= 0.6 is 11.6 Å². The van der Waals surface area contributed by atoms with E-state index in [9.17, 15) is 9.90 Å². The molecular formula is C16H21ClO3. The van der Waals surface area contributed by atoms with Gasteiger partial charge in [0.05, 0.1) is 7.11 Å². The fourth-order valence-corrected chi connectivity index (χ4v) is 3.71. The molecule has 1 fully saturated rings. The number of rotatable bonds is 5. The number of methoxy groups -OCH3 is 1. The van der Waals surface area contributed by atoms with Crippen LogP contribution in [0.5, 0.6) is 0 Å². The fourth-order valence-electron chi connectivity index (χ4n) is 3.10. The molecule has 4 heteroatoms. The normalized spacial score (nSPS) is 21.1. The smallest absolute Gasteiger partial charge is 0.330 e. The van der Waals surface area contributed by atoms with Crippen molar-refractivity contribution < 1.29 is 14.6 Å². The van der Waals surface area contributed by atoms with Gasteiger partial charge in [-0.2, -0.15) is 0 Å². The molecule has 110 valence electrons. The summed E-state index contributed by atoms with van der Waals surface area (Å²) in [6.07, 6.45) is 0.572. The first-order valence-corrected chi connectivity index (χ1v) is 7.28. The molecule has 1 aromatic carbocycles. The van der Waals surface area contributed by atoms with Gasteiger partial charge in [-0.1, -0.05) is 44.2 Å². The molecule has 0 saturated heterocycles. The van der Waals surface area contributed by atoms with Crippen LogP contribution in [0.4, 0.5) is 0 Å². The van der Waals surface area contributed by atoms with Gasteiger partial charge in [0.25, 0.3) is 0 Å². The molecule has 1 aliphatic carbocycles. The van der Waals surface area contributed by atoms with E-state index >= 15 is 0 Å². The standard InChI is InChI=1S/C16H21ClO3/c1-11(2)15(9-10-15)16(17,14(19)20-3)13(18)12-7-5-4-6-8-12/h4-8,11,13,18H,9-10H2,1-3H3/t13-,16+/m1/s1. The Morgan fingerprint density at radius 3 is 2.30 bits per heavy atom. The van der Waals surface area contributed by atoms with Gasteiger partial charge in [0.15, 0.2) is 4.87 Å². The highest BCUT2D eigenvalue weighted by molar-refractivity contribution is 6.35. The molecule has 1 N–H and O–H groups in total. The monoisotopic (exact) mass is 296 g/mol. The topological polar surface area (TPSA) is 46.5 Å². The second kappa shape index (κ2) is 5.38. The van der Waals surface area contributed by atoms with E-state index < -0.39 is 22.4 Å². The lowest BCUT2D eigenvalue weighted by atomic mass is 9.74. The quantitative estimate of drug-likeness (QED) is 0.670. The SMILES string of the molecule is COC(=O)[C@@](Cl)([C@H](O)c1ccccc1)C1(C(C)C)CC1. The number of aliphatic hydroxyl groups excluding tert-OH is 1. The lowest BCUT2D eigenvalue weighted by Crippen LogP contribution is -2.50. The fraction of sp³-hybridized carbons (Fsp3) is 0.562. The molecular weight excluding hydrogens is 276 g/mol. The summed E-state index contributed by atoms with van der Waals surface area (Å²) in [5, 5.41) is 10.7. The van der Waals surface area contributed by atoms with Gasteiger partial charge in [0.1, 0.15) is 6.10 Å². The molecule has 0 aromatic heterocycles. The molecule has 3 nitrogen and oxygen atoms in total. The van der Waals surface area contributed by atoms with Crippen molar-refractivity contribution in [3.8, 4) is 0 Å². The Labute approximate surface area is 124 Å². The summed E-state index contributed by atoms with van der Waals surface area (Å²) >= 11 is 6.70. The predicted octanol–water partition coefficient (Wildman–Crippen LogP) is 3.31. The third kappa shape index (κ3) is 2.13. The first-order valence-electron chi connectivity index (χ1n) is 6.90. The summed E-state index contributed by atoms with van der Waals surface area (Å²) in [5.41, 5.74) is 0.233. The van der Waals surface area contributed by atoms with Crippen LogP contribution in [0.3, 0.4) is 0 Å². The highest BCUT2D eigenvalue weighted by Gasteiger charge is 2.68. The van der Waals surface area contributed by atoms with Crippen molar-refractivity contribution in [2.45, 2.75) is 37.7 Å². The van der Waals surface area contributed by atoms with Crippen LogP contribution < -0.4 is 0 Å². The van der Waals surface area contributed by atoms with Gasteiger partial charge in [0.2, 0.25) is 0 Å². The minimum atomic E-state index is -1.43. The number of aliphatic hydroxyl groups is 1. The van der Waals surface area contributed by atoms with Crippen molar-refractivity contribution in [3.05, 3.63) is 35.9 Å². The van der Waals surface area contributed by atoms with Crippen LogP contribution in [0.25, 0.3) is 0 Å². The highest BCUT2D eigenvalue weighted by Crippen LogP contribution is 2.65. The number of carbonyl (C=O) groups is 1. The predicted molar refractivity (Wildman–Crippen MR) is 78.5 cm³/mol. The summed E-state index contributed by atoms with van der Waals surface area (Å²) in [7, 11) is 1.31. The van der Waals surface area contributed by atoms with Crippen LogP contribution in [0.1, 0.15) is 38.4 Å². The van der Waals surface area contributed by atoms with Gasteiger partial charge in [-0.25, -0.2) is 0 Å². The summed E-state index contributed by atoms with van der Waals surface area (Å²) in [4.78, 5) is 10.9. The highest BCUT2D eigenvalue weighted by atomic mass is 35.5. The second-order valence-corrected chi connectivity index (χ2v) is 6.42. The van der Waals surface area contributed by atoms with Crippen molar-refractivity contribution in [2.24, 2.45) is 11.3 Å². The van der Waals surface area contributed by atoms with Gasteiger partial charge in [-0.15, -0.1) is 11.6 Å². The van der Waals surface area contributed by atoms with Gasteiger partial charge < -0.3 is 9.84 Å². The molecule has 0 spiro atoms. The summed E-state index contributed by atoms with van der Waals surface area (Å²) in [5.74, 6) is -0.362. The molecule has 0 heterocycles. The second-order valence-electron chi connectivity index (χ2n) is 5.83. The molecule has 0 aliphatic heterocycles. The number of esters is 1. The number of hydrogen-bond donors (Lipinski definition) is 1. The van der Waals surface area contributed by atoms with Crippen LogP contribution in [-0.2, 0) is 9.53 Å². The Kier molecular flexibility index (Phi) is 4.12. The molecule has 1 saturated carbocycles.